The summed E-state index contributed by atoms with van der Waals surface area (Å²) in [5.41, 5.74) is 3.23. The molecular formula is C27H27NO5S. The molecule has 4 rings (SSSR count). The molecule has 0 unspecified atom stereocenters. The van der Waals surface area contributed by atoms with E-state index >= 15 is 0 Å². The maximum absolute atomic E-state index is 14.1. The second-order valence-corrected chi connectivity index (χ2v) is 10.3. The maximum atomic E-state index is 14.1. The van der Waals surface area contributed by atoms with Crippen LogP contribution in [0, 0.1) is 13.8 Å². The molecule has 3 aromatic carbocycles. The highest BCUT2D eigenvalue weighted by atomic mass is 32.2. The van der Waals surface area contributed by atoms with Gasteiger partial charge in [0.2, 0.25) is 10.0 Å². The summed E-state index contributed by atoms with van der Waals surface area (Å²) in [7, 11) is -2.53. The van der Waals surface area contributed by atoms with Gasteiger partial charge in [0.05, 0.1) is 29.7 Å². The summed E-state index contributed by atoms with van der Waals surface area (Å²) in [5, 5.41) is 10.1. The average Bonchev–Trinajstić information content (AvgIpc) is 2.83. The smallest absolute Gasteiger partial charge is 0.333 e. The summed E-state index contributed by atoms with van der Waals surface area (Å²) in [5.74, 6) is -0.537. The number of nitrogens with zero attached hydrogens (tertiary/aromatic N) is 1. The van der Waals surface area contributed by atoms with Gasteiger partial charge in [-0.25, -0.2) is 13.2 Å². The number of hydrogen-bond donors (Lipinski definition) is 1. The lowest BCUT2D eigenvalue weighted by Crippen LogP contribution is -2.42. The van der Waals surface area contributed by atoms with Crippen molar-refractivity contribution in [3.63, 3.8) is 0 Å². The molecule has 0 saturated carbocycles. The van der Waals surface area contributed by atoms with Gasteiger partial charge >= 0.3 is 5.97 Å². The number of carboxylic acid groups (broad SMARTS) is 1. The summed E-state index contributed by atoms with van der Waals surface area (Å²) in [6.45, 7) is 3.78. The number of benzene rings is 3. The van der Waals surface area contributed by atoms with Crippen molar-refractivity contribution in [3.05, 3.63) is 107 Å². The number of methoxy groups -OCH3 is 1. The van der Waals surface area contributed by atoms with Crippen molar-refractivity contribution in [2.45, 2.75) is 37.2 Å². The van der Waals surface area contributed by atoms with Crippen LogP contribution in [0.3, 0.4) is 0 Å². The first-order valence-corrected chi connectivity index (χ1v) is 12.4. The lowest BCUT2D eigenvalue weighted by molar-refractivity contribution is -0.133. The van der Waals surface area contributed by atoms with Crippen LogP contribution in [-0.2, 0) is 14.8 Å². The zero-order chi connectivity index (χ0) is 24.5. The van der Waals surface area contributed by atoms with Crippen LogP contribution in [0.15, 0.2) is 89.3 Å². The van der Waals surface area contributed by atoms with Crippen LogP contribution < -0.4 is 4.74 Å². The van der Waals surface area contributed by atoms with Crippen LogP contribution in [0.4, 0.5) is 0 Å². The molecular weight excluding hydrogens is 450 g/mol. The van der Waals surface area contributed by atoms with Gasteiger partial charge in [-0.2, -0.15) is 4.31 Å². The van der Waals surface area contributed by atoms with Crippen LogP contribution in [0.25, 0.3) is 0 Å². The van der Waals surface area contributed by atoms with Gasteiger partial charge in [0, 0.05) is 0 Å². The predicted molar refractivity (Wildman–Crippen MR) is 130 cm³/mol. The molecule has 0 fully saturated rings. The van der Waals surface area contributed by atoms with Gasteiger partial charge in [0.1, 0.15) is 5.75 Å². The topological polar surface area (TPSA) is 83.9 Å². The summed E-state index contributed by atoms with van der Waals surface area (Å²) >= 11 is 0. The largest absolute Gasteiger partial charge is 0.497 e. The molecule has 1 aliphatic heterocycles. The second kappa shape index (κ2) is 9.44. The van der Waals surface area contributed by atoms with E-state index in [4.69, 9.17) is 4.74 Å². The van der Waals surface area contributed by atoms with Gasteiger partial charge in [-0.05, 0) is 55.7 Å². The number of aliphatic carboxylic acids is 1. The zero-order valence-electron chi connectivity index (χ0n) is 19.3. The summed E-state index contributed by atoms with van der Waals surface area (Å²) in [4.78, 5) is 12.4. The molecule has 0 spiro atoms. The van der Waals surface area contributed by atoms with Crippen LogP contribution in [0.2, 0.25) is 0 Å². The standard InChI is InChI=1S/C27H27NO5S/c1-18-10-12-23(13-11-18)34(31,32)28-25(20-7-5-9-22(17-20)33-3)15-14-24(27(29)30)26(28)21-8-4-6-19(2)16-21/h4-14,16-17,25-26H,15H2,1-3H3,(H,29,30)/t25-,26-/m0/s1. The van der Waals surface area contributed by atoms with Gasteiger partial charge in [-0.1, -0.05) is 65.7 Å². The molecule has 176 valence electrons. The zero-order valence-corrected chi connectivity index (χ0v) is 20.1. The third kappa shape index (κ3) is 4.49. The molecule has 3 aromatic rings. The molecule has 7 heteroatoms. The Morgan fingerprint density at radius 3 is 2.26 bits per heavy atom. The minimum Gasteiger partial charge on any atom is -0.497 e. The first kappa shape index (κ1) is 23.7. The Labute approximate surface area is 200 Å². The van der Waals surface area contributed by atoms with Crippen LogP contribution in [0.5, 0.6) is 5.75 Å². The average molecular weight is 478 g/mol. The van der Waals surface area contributed by atoms with Crippen molar-refractivity contribution >= 4 is 16.0 Å². The van der Waals surface area contributed by atoms with Crippen molar-refractivity contribution in [1.29, 1.82) is 0 Å². The lowest BCUT2D eigenvalue weighted by atomic mass is 9.89. The summed E-state index contributed by atoms with van der Waals surface area (Å²) in [6.07, 6.45) is 1.86. The Bertz CT molecular complexity index is 1350. The number of hydrogen-bond acceptors (Lipinski definition) is 4. The van der Waals surface area contributed by atoms with Crippen molar-refractivity contribution in [1.82, 2.24) is 4.31 Å². The Morgan fingerprint density at radius 2 is 1.62 bits per heavy atom. The monoisotopic (exact) mass is 477 g/mol. The summed E-state index contributed by atoms with van der Waals surface area (Å²) in [6, 6.07) is 19.6. The van der Waals surface area contributed by atoms with Crippen LogP contribution in [0.1, 0.15) is 40.8 Å². The van der Waals surface area contributed by atoms with Crippen molar-refractivity contribution in [2.24, 2.45) is 0 Å². The van der Waals surface area contributed by atoms with E-state index in [1.807, 2.05) is 44.2 Å². The second-order valence-electron chi connectivity index (χ2n) is 8.46. The molecule has 0 saturated heterocycles. The quantitative estimate of drug-likeness (QED) is 0.528. The number of aryl methyl sites for hydroxylation is 2. The predicted octanol–water partition coefficient (Wildman–Crippen LogP) is 5.20. The summed E-state index contributed by atoms with van der Waals surface area (Å²) < 4.78 is 35.0. The minimum absolute atomic E-state index is 0.0421. The molecule has 2 atom stereocenters. The lowest BCUT2D eigenvalue weighted by Gasteiger charge is -2.40. The maximum Gasteiger partial charge on any atom is 0.333 e. The minimum atomic E-state index is -4.08. The van der Waals surface area contributed by atoms with E-state index in [9.17, 15) is 18.3 Å². The highest BCUT2D eigenvalue weighted by Crippen LogP contribution is 2.46. The molecule has 0 aromatic heterocycles. The molecule has 1 N–H and O–H groups in total. The molecule has 0 aliphatic carbocycles. The number of ether oxygens (including phenoxy) is 1. The van der Waals surface area contributed by atoms with Gasteiger partial charge in [-0.3, -0.25) is 0 Å². The molecule has 0 bridgehead atoms. The van der Waals surface area contributed by atoms with E-state index in [1.54, 1.807) is 55.7 Å². The molecule has 1 heterocycles. The van der Waals surface area contributed by atoms with Gasteiger partial charge < -0.3 is 9.84 Å². The number of carbonyl (C=O) groups is 1. The first-order chi connectivity index (χ1) is 16.2. The highest BCUT2D eigenvalue weighted by Gasteiger charge is 2.44. The van der Waals surface area contributed by atoms with E-state index in [2.05, 4.69) is 0 Å². The van der Waals surface area contributed by atoms with E-state index in [0.717, 1.165) is 16.7 Å². The molecule has 0 amide bonds. The molecule has 0 radical (unpaired) electrons. The number of rotatable bonds is 6. The van der Waals surface area contributed by atoms with Crippen molar-refractivity contribution in [2.75, 3.05) is 7.11 Å². The van der Waals surface area contributed by atoms with E-state index in [-0.39, 0.29) is 16.9 Å². The normalized spacial score (nSPS) is 18.9. The Morgan fingerprint density at radius 1 is 0.941 bits per heavy atom. The Hall–Kier alpha value is -3.42. The van der Waals surface area contributed by atoms with Crippen molar-refractivity contribution < 1.29 is 23.1 Å². The van der Waals surface area contributed by atoms with Gasteiger partial charge in [-0.15, -0.1) is 0 Å². The third-order valence-corrected chi connectivity index (χ3v) is 7.99. The van der Waals surface area contributed by atoms with E-state index in [0.29, 0.717) is 11.3 Å². The van der Waals surface area contributed by atoms with E-state index in [1.165, 1.54) is 4.31 Å². The van der Waals surface area contributed by atoms with Gasteiger partial charge in [0.25, 0.3) is 0 Å². The third-order valence-electron chi connectivity index (χ3n) is 6.10. The van der Waals surface area contributed by atoms with Crippen LogP contribution in [-0.4, -0.2) is 30.9 Å². The number of carboxylic acids is 1. The molecule has 6 nitrogen and oxygen atoms in total. The Kier molecular flexibility index (Phi) is 6.59. The molecule has 34 heavy (non-hydrogen) atoms. The first-order valence-electron chi connectivity index (χ1n) is 11.0. The number of sulfonamides is 1. The van der Waals surface area contributed by atoms with Gasteiger partial charge in [0.15, 0.2) is 0 Å². The fourth-order valence-corrected chi connectivity index (χ4v) is 6.19. The highest BCUT2D eigenvalue weighted by molar-refractivity contribution is 7.89. The Balaban J connectivity index is 1.98. The fraction of sp³-hybridized carbons (Fsp3) is 0.222. The van der Waals surface area contributed by atoms with Crippen LogP contribution >= 0.6 is 0 Å². The van der Waals surface area contributed by atoms with Crippen molar-refractivity contribution in [3.8, 4) is 5.75 Å². The molecule has 1 aliphatic rings. The SMILES string of the molecule is COc1cccc([C@@H]2CC=C(C(=O)O)[C@H](c3cccc(C)c3)N2S(=O)(=O)c2ccc(C)cc2)c1. The van der Waals surface area contributed by atoms with E-state index < -0.39 is 28.1 Å². The fourth-order valence-electron chi connectivity index (χ4n) is 4.41.